The van der Waals surface area contributed by atoms with Crippen LogP contribution in [0.2, 0.25) is 0 Å². The maximum atomic E-state index is 12.3. The molecule has 1 aliphatic rings. The lowest BCUT2D eigenvalue weighted by molar-refractivity contribution is -0.116. The molecule has 1 saturated carbocycles. The second-order valence-corrected chi connectivity index (χ2v) is 6.36. The standard InChI is InChI=1S/C18H21N3O3/c1-11-5-4-6-12(2)17(11)19-16(22)10-21(3)18(23)14-9-15(24-20-14)13-7-8-13/h4-6,9,13H,7-8,10H2,1-3H3,(H,19,22). The smallest absolute Gasteiger partial charge is 0.276 e. The molecule has 1 aromatic heterocycles. The van der Waals surface area contributed by atoms with E-state index in [1.54, 1.807) is 13.1 Å². The van der Waals surface area contributed by atoms with Crippen LogP contribution >= 0.6 is 0 Å². The first-order valence-corrected chi connectivity index (χ1v) is 8.04. The third-order valence-corrected chi connectivity index (χ3v) is 4.20. The van der Waals surface area contributed by atoms with Gasteiger partial charge in [-0.05, 0) is 37.8 Å². The molecule has 1 N–H and O–H groups in total. The molecule has 126 valence electrons. The molecule has 1 aromatic carbocycles. The van der Waals surface area contributed by atoms with Crippen LogP contribution in [0.5, 0.6) is 0 Å². The lowest BCUT2D eigenvalue weighted by Crippen LogP contribution is -2.35. The van der Waals surface area contributed by atoms with Crippen LogP contribution in [0.3, 0.4) is 0 Å². The van der Waals surface area contributed by atoms with Gasteiger partial charge in [-0.25, -0.2) is 0 Å². The number of amides is 2. The van der Waals surface area contributed by atoms with Crippen molar-refractivity contribution >= 4 is 17.5 Å². The number of benzene rings is 1. The van der Waals surface area contributed by atoms with Crippen molar-refractivity contribution < 1.29 is 14.1 Å². The highest BCUT2D eigenvalue weighted by atomic mass is 16.5. The first-order valence-electron chi connectivity index (χ1n) is 8.04. The molecular formula is C18H21N3O3. The molecule has 0 radical (unpaired) electrons. The van der Waals surface area contributed by atoms with Gasteiger partial charge in [0.1, 0.15) is 5.76 Å². The molecule has 6 heteroatoms. The molecule has 1 aliphatic carbocycles. The van der Waals surface area contributed by atoms with Gasteiger partial charge in [-0.3, -0.25) is 9.59 Å². The van der Waals surface area contributed by atoms with Gasteiger partial charge in [-0.1, -0.05) is 23.4 Å². The van der Waals surface area contributed by atoms with Crippen LogP contribution in [-0.2, 0) is 4.79 Å². The van der Waals surface area contributed by atoms with E-state index < -0.39 is 0 Å². The van der Waals surface area contributed by atoms with Crippen molar-refractivity contribution in [1.82, 2.24) is 10.1 Å². The summed E-state index contributed by atoms with van der Waals surface area (Å²) >= 11 is 0. The van der Waals surface area contributed by atoms with Crippen LogP contribution in [0.4, 0.5) is 5.69 Å². The predicted octanol–water partition coefficient (Wildman–Crippen LogP) is 2.88. The zero-order chi connectivity index (χ0) is 17.3. The van der Waals surface area contributed by atoms with E-state index in [2.05, 4.69) is 10.5 Å². The molecule has 0 aliphatic heterocycles. The number of hydrogen-bond acceptors (Lipinski definition) is 4. The number of likely N-dealkylation sites (N-methyl/N-ethyl adjacent to an activating group) is 1. The van der Waals surface area contributed by atoms with E-state index >= 15 is 0 Å². The molecule has 0 atom stereocenters. The van der Waals surface area contributed by atoms with E-state index in [-0.39, 0.29) is 24.1 Å². The van der Waals surface area contributed by atoms with Gasteiger partial charge in [-0.15, -0.1) is 0 Å². The van der Waals surface area contributed by atoms with Crippen LogP contribution in [0.25, 0.3) is 0 Å². The minimum atomic E-state index is -0.317. The fraction of sp³-hybridized carbons (Fsp3) is 0.389. The average Bonchev–Trinajstić information content (AvgIpc) is 3.27. The van der Waals surface area contributed by atoms with E-state index in [1.807, 2.05) is 32.0 Å². The zero-order valence-electron chi connectivity index (χ0n) is 14.1. The lowest BCUT2D eigenvalue weighted by Gasteiger charge is -2.17. The van der Waals surface area contributed by atoms with E-state index in [9.17, 15) is 9.59 Å². The summed E-state index contributed by atoms with van der Waals surface area (Å²) in [6.07, 6.45) is 2.16. The number of para-hydroxylation sites is 1. The van der Waals surface area contributed by atoms with Gasteiger partial charge in [0, 0.05) is 24.7 Å². The molecule has 0 unspecified atom stereocenters. The van der Waals surface area contributed by atoms with Gasteiger partial charge < -0.3 is 14.7 Å². The number of nitrogens with one attached hydrogen (secondary N) is 1. The first-order chi connectivity index (χ1) is 11.5. The summed E-state index contributed by atoms with van der Waals surface area (Å²) in [7, 11) is 1.58. The number of carbonyl (C=O) groups is 2. The van der Waals surface area contributed by atoms with E-state index in [4.69, 9.17) is 4.52 Å². The highest BCUT2D eigenvalue weighted by molar-refractivity contribution is 5.98. The Morgan fingerprint density at radius 3 is 2.58 bits per heavy atom. The Kier molecular flexibility index (Phi) is 4.38. The Bertz CT molecular complexity index is 757. The normalized spacial score (nSPS) is 13.6. The third-order valence-electron chi connectivity index (χ3n) is 4.20. The summed E-state index contributed by atoms with van der Waals surface area (Å²) in [4.78, 5) is 25.9. The molecule has 2 amide bonds. The molecule has 0 spiro atoms. The van der Waals surface area contributed by atoms with Gasteiger partial charge in [0.2, 0.25) is 5.91 Å². The quantitative estimate of drug-likeness (QED) is 0.916. The number of nitrogens with zero attached hydrogens (tertiary/aromatic N) is 2. The highest BCUT2D eigenvalue weighted by Gasteiger charge is 2.29. The van der Waals surface area contributed by atoms with Crippen LogP contribution in [-0.4, -0.2) is 35.5 Å². The molecule has 0 bridgehead atoms. The van der Waals surface area contributed by atoms with Crippen molar-refractivity contribution in [3.8, 4) is 0 Å². The molecule has 1 fully saturated rings. The van der Waals surface area contributed by atoms with Crippen molar-refractivity contribution in [3.63, 3.8) is 0 Å². The second-order valence-electron chi connectivity index (χ2n) is 6.36. The Morgan fingerprint density at radius 1 is 1.29 bits per heavy atom. The number of anilines is 1. The van der Waals surface area contributed by atoms with E-state index in [0.29, 0.717) is 5.92 Å². The third kappa shape index (κ3) is 3.48. The Hall–Kier alpha value is -2.63. The Labute approximate surface area is 140 Å². The maximum absolute atomic E-state index is 12.3. The minimum Gasteiger partial charge on any atom is -0.360 e. The molecule has 2 aromatic rings. The monoisotopic (exact) mass is 327 g/mol. The van der Waals surface area contributed by atoms with Crippen LogP contribution in [0.15, 0.2) is 28.8 Å². The zero-order valence-corrected chi connectivity index (χ0v) is 14.1. The molecule has 0 saturated heterocycles. The summed E-state index contributed by atoms with van der Waals surface area (Å²) in [5, 5.41) is 6.69. The van der Waals surface area contributed by atoms with Crippen LogP contribution in [0, 0.1) is 13.8 Å². The van der Waals surface area contributed by atoms with E-state index in [0.717, 1.165) is 35.4 Å². The van der Waals surface area contributed by atoms with Gasteiger partial charge in [0.05, 0.1) is 6.54 Å². The molecule has 3 rings (SSSR count). The average molecular weight is 327 g/mol. The second kappa shape index (κ2) is 6.47. The highest BCUT2D eigenvalue weighted by Crippen LogP contribution is 2.40. The lowest BCUT2D eigenvalue weighted by atomic mass is 10.1. The number of aromatic nitrogens is 1. The largest absolute Gasteiger partial charge is 0.360 e. The molecule has 6 nitrogen and oxygen atoms in total. The number of hydrogen-bond donors (Lipinski definition) is 1. The topological polar surface area (TPSA) is 75.4 Å². The maximum Gasteiger partial charge on any atom is 0.276 e. The van der Waals surface area contributed by atoms with Crippen molar-refractivity contribution in [2.45, 2.75) is 32.6 Å². The Morgan fingerprint density at radius 2 is 1.96 bits per heavy atom. The minimum absolute atomic E-state index is 0.0434. The SMILES string of the molecule is Cc1cccc(C)c1NC(=O)CN(C)C(=O)c1cc(C2CC2)on1. The van der Waals surface area contributed by atoms with Gasteiger partial charge in [-0.2, -0.15) is 0 Å². The van der Waals surface area contributed by atoms with Gasteiger partial charge >= 0.3 is 0 Å². The number of aryl methyl sites for hydroxylation is 2. The number of rotatable bonds is 5. The van der Waals surface area contributed by atoms with Gasteiger partial charge in [0.15, 0.2) is 5.69 Å². The Balaban J connectivity index is 1.61. The summed E-state index contributed by atoms with van der Waals surface area (Å²) in [6, 6.07) is 7.50. The van der Waals surface area contributed by atoms with Gasteiger partial charge in [0.25, 0.3) is 5.91 Å². The molecule has 24 heavy (non-hydrogen) atoms. The van der Waals surface area contributed by atoms with Crippen molar-refractivity contribution in [1.29, 1.82) is 0 Å². The summed E-state index contributed by atoms with van der Waals surface area (Å²) in [5.41, 5.74) is 3.02. The van der Waals surface area contributed by atoms with Crippen molar-refractivity contribution in [3.05, 3.63) is 46.8 Å². The predicted molar refractivity (Wildman–Crippen MR) is 90.0 cm³/mol. The summed E-state index contributed by atoms with van der Waals surface area (Å²) in [6.45, 7) is 3.83. The summed E-state index contributed by atoms with van der Waals surface area (Å²) in [5.74, 6) is 0.597. The first kappa shape index (κ1) is 16.2. The van der Waals surface area contributed by atoms with Crippen LogP contribution in [0.1, 0.15) is 46.1 Å². The van der Waals surface area contributed by atoms with Crippen LogP contribution < -0.4 is 5.32 Å². The number of carbonyl (C=O) groups excluding carboxylic acids is 2. The molecule has 1 heterocycles. The van der Waals surface area contributed by atoms with E-state index in [1.165, 1.54) is 4.90 Å². The fourth-order valence-electron chi connectivity index (χ4n) is 2.62. The summed E-state index contributed by atoms with van der Waals surface area (Å²) < 4.78 is 5.19. The fourth-order valence-corrected chi connectivity index (χ4v) is 2.62. The van der Waals surface area contributed by atoms with Crippen molar-refractivity contribution in [2.24, 2.45) is 0 Å². The van der Waals surface area contributed by atoms with Crippen molar-refractivity contribution in [2.75, 3.05) is 18.9 Å². The molecular weight excluding hydrogens is 306 g/mol.